The predicted molar refractivity (Wildman–Crippen MR) is 52.5 cm³/mol. The van der Waals surface area contributed by atoms with Gasteiger partial charge in [-0.05, 0) is 0 Å². The summed E-state index contributed by atoms with van der Waals surface area (Å²) in [7, 11) is 1.50. The molecule has 6 heteroatoms. The fourth-order valence-corrected chi connectivity index (χ4v) is 1.51. The molecule has 16 heavy (non-hydrogen) atoms. The van der Waals surface area contributed by atoms with Gasteiger partial charge in [-0.15, -0.1) is 0 Å². The first-order valence-electron chi connectivity index (χ1n) is 5.01. The Kier molecular flexibility index (Phi) is 4.70. The molecule has 92 valence electrons. The summed E-state index contributed by atoms with van der Waals surface area (Å²) >= 11 is 0. The maximum absolute atomic E-state index is 10.9. The Morgan fingerprint density at radius 1 is 1.31 bits per heavy atom. The molecular weight excluding hydrogens is 216 g/mol. The summed E-state index contributed by atoms with van der Waals surface area (Å²) in [4.78, 5) is 21.5. The van der Waals surface area contributed by atoms with E-state index in [9.17, 15) is 9.59 Å². The van der Waals surface area contributed by atoms with Crippen molar-refractivity contribution < 1.29 is 28.5 Å². The third-order valence-electron chi connectivity index (χ3n) is 2.20. The lowest BCUT2D eigenvalue weighted by atomic mass is 10.2. The molecule has 1 aliphatic heterocycles. The van der Waals surface area contributed by atoms with Gasteiger partial charge in [0.1, 0.15) is 18.8 Å². The molecule has 6 nitrogen and oxygen atoms in total. The average molecular weight is 232 g/mol. The monoisotopic (exact) mass is 232 g/mol. The largest absolute Gasteiger partial charge is 0.463 e. The Labute approximate surface area is 93.8 Å². The molecule has 0 aromatic rings. The highest BCUT2D eigenvalue weighted by atomic mass is 16.7. The van der Waals surface area contributed by atoms with Gasteiger partial charge in [0.15, 0.2) is 6.29 Å². The summed E-state index contributed by atoms with van der Waals surface area (Å²) in [5, 5.41) is 0. The second-order valence-corrected chi connectivity index (χ2v) is 3.53. The molecule has 1 saturated heterocycles. The number of carbonyl (C=O) groups excluding carboxylic acids is 2. The molecule has 0 spiro atoms. The third kappa shape index (κ3) is 3.79. The summed E-state index contributed by atoms with van der Waals surface area (Å²) in [6, 6.07) is 0. The van der Waals surface area contributed by atoms with Crippen LogP contribution in [0.1, 0.15) is 20.3 Å². The number of rotatable bonds is 4. The van der Waals surface area contributed by atoms with E-state index >= 15 is 0 Å². The molecule has 1 fully saturated rings. The molecule has 1 unspecified atom stereocenters. The van der Waals surface area contributed by atoms with Crippen molar-refractivity contribution in [1.82, 2.24) is 0 Å². The van der Waals surface area contributed by atoms with E-state index in [1.165, 1.54) is 21.0 Å². The van der Waals surface area contributed by atoms with Crippen molar-refractivity contribution in [3.8, 4) is 0 Å². The molecule has 1 rings (SSSR count). The molecule has 0 aromatic carbocycles. The van der Waals surface area contributed by atoms with Crippen LogP contribution in [0.4, 0.5) is 0 Å². The topological polar surface area (TPSA) is 71.1 Å². The lowest BCUT2D eigenvalue weighted by molar-refractivity contribution is -0.161. The number of ether oxygens (including phenoxy) is 4. The number of hydrogen-bond acceptors (Lipinski definition) is 6. The molecular formula is C10H16O6. The lowest BCUT2D eigenvalue weighted by Crippen LogP contribution is -2.31. The van der Waals surface area contributed by atoms with Crippen LogP contribution in [0.3, 0.4) is 0 Å². The second-order valence-electron chi connectivity index (χ2n) is 3.53. The fraction of sp³-hybridized carbons (Fsp3) is 0.800. The molecule has 0 aliphatic carbocycles. The summed E-state index contributed by atoms with van der Waals surface area (Å²) in [5.74, 6) is -0.788. The smallest absolute Gasteiger partial charge is 0.303 e. The Bertz CT molecular complexity index is 264. The fourth-order valence-electron chi connectivity index (χ4n) is 1.51. The van der Waals surface area contributed by atoms with Crippen LogP contribution in [-0.4, -0.2) is 44.2 Å². The maximum atomic E-state index is 10.9. The SMILES string of the molecule is COC1C[C@@H](OC(C)=O)[C@@H](COC(C)=O)O1. The molecule has 0 amide bonds. The zero-order valence-corrected chi connectivity index (χ0v) is 9.60. The van der Waals surface area contributed by atoms with E-state index in [4.69, 9.17) is 18.9 Å². The molecule has 0 bridgehead atoms. The second kappa shape index (κ2) is 5.81. The third-order valence-corrected chi connectivity index (χ3v) is 2.20. The van der Waals surface area contributed by atoms with E-state index in [1.807, 2.05) is 0 Å². The summed E-state index contributed by atoms with van der Waals surface area (Å²) in [5.41, 5.74) is 0. The minimum Gasteiger partial charge on any atom is -0.463 e. The molecule has 0 aromatic heterocycles. The highest BCUT2D eigenvalue weighted by Gasteiger charge is 2.38. The van der Waals surface area contributed by atoms with Gasteiger partial charge < -0.3 is 18.9 Å². The van der Waals surface area contributed by atoms with Gasteiger partial charge >= 0.3 is 11.9 Å². The number of methoxy groups -OCH3 is 1. The van der Waals surface area contributed by atoms with Crippen LogP contribution in [0.15, 0.2) is 0 Å². The van der Waals surface area contributed by atoms with Crippen molar-refractivity contribution in [2.24, 2.45) is 0 Å². The van der Waals surface area contributed by atoms with Crippen LogP contribution < -0.4 is 0 Å². The molecule has 1 aliphatic rings. The minimum atomic E-state index is -0.460. The van der Waals surface area contributed by atoms with Gasteiger partial charge in [-0.1, -0.05) is 0 Å². The highest BCUT2D eigenvalue weighted by molar-refractivity contribution is 5.66. The zero-order chi connectivity index (χ0) is 12.1. The predicted octanol–water partition coefficient (Wildman–Crippen LogP) is 0.243. The van der Waals surface area contributed by atoms with Crippen molar-refractivity contribution in [3.05, 3.63) is 0 Å². The van der Waals surface area contributed by atoms with E-state index in [0.717, 1.165) is 0 Å². The van der Waals surface area contributed by atoms with Crippen molar-refractivity contribution in [1.29, 1.82) is 0 Å². The number of hydrogen-bond donors (Lipinski definition) is 0. The van der Waals surface area contributed by atoms with Gasteiger partial charge in [0.25, 0.3) is 0 Å². The van der Waals surface area contributed by atoms with Crippen molar-refractivity contribution in [3.63, 3.8) is 0 Å². The van der Waals surface area contributed by atoms with E-state index in [1.54, 1.807) is 0 Å². The summed E-state index contributed by atoms with van der Waals surface area (Å²) in [6.45, 7) is 2.69. The first-order valence-corrected chi connectivity index (χ1v) is 5.01. The first kappa shape index (κ1) is 12.9. The van der Waals surface area contributed by atoms with Gasteiger partial charge in [-0.25, -0.2) is 0 Å². The quantitative estimate of drug-likeness (QED) is 0.647. The van der Waals surface area contributed by atoms with Gasteiger partial charge in [0.2, 0.25) is 0 Å². The highest BCUT2D eigenvalue weighted by Crippen LogP contribution is 2.24. The van der Waals surface area contributed by atoms with Crippen LogP contribution >= 0.6 is 0 Å². The Hall–Kier alpha value is -1.14. The van der Waals surface area contributed by atoms with Gasteiger partial charge in [0.05, 0.1) is 0 Å². The van der Waals surface area contributed by atoms with E-state index in [-0.39, 0.29) is 6.61 Å². The Morgan fingerprint density at radius 2 is 2.00 bits per heavy atom. The van der Waals surface area contributed by atoms with Crippen LogP contribution in [-0.2, 0) is 28.5 Å². The van der Waals surface area contributed by atoms with Crippen molar-refractivity contribution in [2.75, 3.05) is 13.7 Å². The van der Waals surface area contributed by atoms with Gasteiger partial charge in [-0.3, -0.25) is 9.59 Å². The van der Waals surface area contributed by atoms with E-state index in [2.05, 4.69) is 0 Å². The normalized spacial score (nSPS) is 28.8. The Balaban J connectivity index is 2.49. The van der Waals surface area contributed by atoms with Crippen molar-refractivity contribution in [2.45, 2.75) is 38.8 Å². The number of esters is 2. The maximum Gasteiger partial charge on any atom is 0.303 e. The standard InChI is InChI=1S/C10H16O6/c1-6(11)14-5-9-8(15-7(2)12)4-10(13-3)16-9/h8-10H,4-5H2,1-3H3/t8-,9-,10?/m1/s1. The van der Waals surface area contributed by atoms with E-state index in [0.29, 0.717) is 6.42 Å². The first-order chi connectivity index (χ1) is 7.52. The van der Waals surface area contributed by atoms with E-state index < -0.39 is 30.4 Å². The average Bonchev–Trinajstić information content (AvgIpc) is 2.56. The summed E-state index contributed by atoms with van der Waals surface area (Å²) < 4.78 is 20.3. The molecule has 0 radical (unpaired) electrons. The Morgan fingerprint density at radius 3 is 2.50 bits per heavy atom. The zero-order valence-electron chi connectivity index (χ0n) is 9.60. The van der Waals surface area contributed by atoms with Crippen LogP contribution in [0.25, 0.3) is 0 Å². The number of carbonyl (C=O) groups is 2. The minimum absolute atomic E-state index is 0.0626. The molecule has 1 heterocycles. The van der Waals surface area contributed by atoms with Gasteiger partial charge in [0, 0.05) is 27.4 Å². The molecule has 0 N–H and O–H groups in total. The molecule has 3 atom stereocenters. The van der Waals surface area contributed by atoms with Crippen molar-refractivity contribution >= 4 is 11.9 Å². The van der Waals surface area contributed by atoms with Crippen LogP contribution in [0, 0.1) is 0 Å². The molecule has 0 saturated carbocycles. The van der Waals surface area contributed by atoms with Gasteiger partial charge in [-0.2, -0.15) is 0 Å². The van der Waals surface area contributed by atoms with Crippen LogP contribution in [0.5, 0.6) is 0 Å². The summed E-state index contributed by atoms with van der Waals surface area (Å²) in [6.07, 6.45) is -0.869. The van der Waals surface area contributed by atoms with Crippen LogP contribution in [0.2, 0.25) is 0 Å². The lowest BCUT2D eigenvalue weighted by Gasteiger charge is -2.17.